The Labute approximate surface area is 92.0 Å². The van der Waals surface area contributed by atoms with Crippen LogP contribution in [-0.4, -0.2) is 4.92 Å². The highest BCUT2D eigenvalue weighted by atomic mass is 16.6. The highest BCUT2D eigenvalue weighted by Crippen LogP contribution is 2.34. The van der Waals surface area contributed by atoms with Crippen molar-refractivity contribution in [1.82, 2.24) is 5.32 Å². The fraction of sp³-hybridized carbons (Fsp3) is 0.167. The average Bonchev–Trinajstić information content (AvgIpc) is 2.72. The number of hydrogen-bond donors (Lipinski definition) is 1. The molecule has 80 valence electrons. The van der Waals surface area contributed by atoms with Crippen LogP contribution in [0.25, 0.3) is 10.8 Å². The first kappa shape index (κ1) is 9.30. The van der Waals surface area contributed by atoms with Crippen molar-refractivity contribution in [1.29, 1.82) is 0 Å². The molecule has 0 atom stereocenters. The van der Waals surface area contributed by atoms with Gasteiger partial charge in [0.05, 0.1) is 10.3 Å². The number of nitro benzene ring substituents is 1. The molecule has 0 unspecified atom stereocenters. The van der Waals surface area contributed by atoms with E-state index in [9.17, 15) is 10.1 Å². The van der Waals surface area contributed by atoms with E-state index in [1.165, 1.54) is 0 Å². The second kappa shape index (κ2) is 3.28. The number of fused-ring (bicyclic) bond motifs is 2. The molecule has 0 aromatic heterocycles. The van der Waals surface area contributed by atoms with Crippen LogP contribution in [0.3, 0.4) is 0 Å². The van der Waals surface area contributed by atoms with Gasteiger partial charge in [-0.2, -0.15) is 0 Å². The molecule has 2 aromatic carbocycles. The van der Waals surface area contributed by atoms with Crippen molar-refractivity contribution in [3.63, 3.8) is 0 Å². The normalized spacial score (nSPS) is 14.0. The third-order valence-corrected chi connectivity index (χ3v) is 3.02. The molecular weight excluding hydrogens is 204 g/mol. The Morgan fingerprint density at radius 2 is 2.06 bits per heavy atom. The smallest absolute Gasteiger partial charge is 0.281 e. The first-order valence-corrected chi connectivity index (χ1v) is 5.16. The molecule has 1 aliphatic heterocycles. The number of nitrogens with zero attached hydrogens (tertiary/aromatic N) is 1. The fourth-order valence-corrected chi connectivity index (χ4v) is 2.31. The summed E-state index contributed by atoms with van der Waals surface area (Å²) in [6, 6.07) is 9.51. The molecule has 1 aliphatic rings. The Kier molecular flexibility index (Phi) is 1.91. The predicted octanol–water partition coefficient (Wildman–Crippen LogP) is 2.35. The lowest BCUT2D eigenvalue weighted by Crippen LogP contribution is -2.01. The van der Waals surface area contributed by atoms with Crippen molar-refractivity contribution < 1.29 is 4.92 Å². The zero-order chi connectivity index (χ0) is 11.1. The minimum atomic E-state index is -0.270. The summed E-state index contributed by atoms with van der Waals surface area (Å²) in [5.41, 5.74) is 2.15. The molecule has 4 heteroatoms. The second-order valence-electron chi connectivity index (χ2n) is 3.94. The molecule has 0 aliphatic carbocycles. The highest BCUT2D eigenvalue weighted by Gasteiger charge is 2.24. The minimum absolute atomic E-state index is 0.262. The Hall–Kier alpha value is -1.94. The number of benzene rings is 2. The Morgan fingerprint density at radius 1 is 1.25 bits per heavy atom. The molecule has 0 spiro atoms. The largest absolute Gasteiger partial charge is 0.308 e. The van der Waals surface area contributed by atoms with Gasteiger partial charge in [-0.1, -0.05) is 18.2 Å². The molecule has 16 heavy (non-hydrogen) atoms. The Balaban J connectivity index is 2.45. The second-order valence-corrected chi connectivity index (χ2v) is 3.94. The van der Waals surface area contributed by atoms with Gasteiger partial charge in [-0.25, -0.2) is 0 Å². The molecule has 3 rings (SSSR count). The molecule has 0 saturated heterocycles. The first-order chi connectivity index (χ1) is 7.77. The van der Waals surface area contributed by atoms with Crippen molar-refractivity contribution in [3.8, 4) is 0 Å². The molecule has 0 saturated carbocycles. The van der Waals surface area contributed by atoms with Crippen LogP contribution in [0.4, 0.5) is 5.69 Å². The van der Waals surface area contributed by atoms with Crippen LogP contribution in [0.2, 0.25) is 0 Å². The average molecular weight is 214 g/mol. The molecule has 0 radical (unpaired) electrons. The fourth-order valence-electron chi connectivity index (χ4n) is 2.31. The van der Waals surface area contributed by atoms with Gasteiger partial charge in [0.25, 0.3) is 5.69 Å². The SMILES string of the molecule is O=[N+]([O-])c1c2c(cc3ccccc13)CNC2. The van der Waals surface area contributed by atoms with E-state index in [2.05, 4.69) is 5.32 Å². The van der Waals surface area contributed by atoms with Gasteiger partial charge in [-0.05, 0) is 23.1 Å². The summed E-state index contributed by atoms with van der Waals surface area (Å²) in [6.45, 7) is 1.32. The maximum absolute atomic E-state index is 11.2. The predicted molar refractivity (Wildman–Crippen MR) is 61.1 cm³/mol. The van der Waals surface area contributed by atoms with Gasteiger partial charge in [0, 0.05) is 18.7 Å². The summed E-state index contributed by atoms with van der Waals surface area (Å²) in [5, 5.41) is 16.0. The van der Waals surface area contributed by atoms with Gasteiger partial charge in [-0.3, -0.25) is 10.1 Å². The quantitative estimate of drug-likeness (QED) is 0.585. The summed E-state index contributed by atoms with van der Waals surface area (Å²) in [5.74, 6) is 0. The summed E-state index contributed by atoms with van der Waals surface area (Å²) in [6.07, 6.45) is 0. The first-order valence-electron chi connectivity index (χ1n) is 5.16. The molecule has 0 fully saturated rings. The Bertz CT molecular complexity index is 593. The summed E-state index contributed by atoms with van der Waals surface area (Å²) < 4.78 is 0. The van der Waals surface area contributed by atoms with Gasteiger partial charge in [0.2, 0.25) is 0 Å². The standard InChI is InChI=1S/C12H10N2O2/c15-14(16)12-10-4-2-1-3-8(10)5-9-6-13-7-11(9)12/h1-5,13H,6-7H2. The number of hydrogen-bond acceptors (Lipinski definition) is 3. The lowest BCUT2D eigenvalue weighted by Gasteiger charge is -2.04. The van der Waals surface area contributed by atoms with Crippen molar-refractivity contribution in [2.24, 2.45) is 0 Å². The van der Waals surface area contributed by atoms with E-state index in [1.807, 2.05) is 30.3 Å². The van der Waals surface area contributed by atoms with Crippen LogP contribution in [-0.2, 0) is 13.1 Å². The van der Waals surface area contributed by atoms with Crippen LogP contribution in [0.5, 0.6) is 0 Å². The maximum atomic E-state index is 11.2. The molecule has 0 bridgehead atoms. The molecule has 2 aromatic rings. The van der Waals surface area contributed by atoms with E-state index in [4.69, 9.17) is 0 Å². The maximum Gasteiger partial charge on any atom is 0.281 e. The summed E-state index contributed by atoms with van der Waals surface area (Å²) >= 11 is 0. The van der Waals surface area contributed by atoms with Crippen molar-refractivity contribution in [2.75, 3.05) is 0 Å². The molecule has 1 heterocycles. The lowest BCUT2D eigenvalue weighted by molar-refractivity contribution is -0.383. The van der Waals surface area contributed by atoms with Crippen molar-refractivity contribution >= 4 is 16.5 Å². The van der Waals surface area contributed by atoms with Gasteiger partial charge in [0.1, 0.15) is 0 Å². The topological polar surface area (TPSA) is 55.2 Å². The van der Waals surface area contributed by atoms with E-state index in [0.29, 0.717) is 6.54 Å². The summed E-state index contributed by atoms with van der Waals surface area (Å²) in [7, 11) is 0. The van der Waals surface area contributed by atoms with Crippen LogP contribution in [0, 0.1) is 10.1 Å². The van der Waals surface area contributed by atoms with Crippen LogP contribution in [0.15, 0.2) is 30.3 Å². The van der Waals surface area contributed by atoms with E-state index in [1.54, 1.807) is 0 Å². The van der Waals surface area contributed by atoms with E-state index in [-0.39, 0.29) is 10.6 Å². The van der Waals surface area contributed by atoms with Gasteiger partial charge in [-0.15, -0.1) is 0 Å². The van der Waals surface area contributed by atoms with Gasteiger partial charge >= 0.3 is 0 Å². The number of nitrogens with one attached hydrogen (secondary N) is 1. The molecule has 0 amide bonds. The number of rotatable bonds is 1. The van der Waals surface area contributed by atoms with Gasteiger partial charge in [0.15, 0.2) is 0 Å². The lowest BCUT2D eigenvalue weighted by atomic mass is 10.0. The zero-order valence-corrected chi connectivity index (χ0v) is 8.56. The van der Waals surface area contributed by atoms with Crippen molar-refractivity contribution in [3.05, 3.63) is 51.6 Å². The highest BCUT2D eigenvalue weighted by molar-refractivity contribution is 5.93. The Morgan fingerprint density at radius 3 is 2.88 bits per heavy atom. The minimum Gasteiger partial charge on any atom is -0.308 e. The van der Waals surface area contributed by atoms with Gasteiger partial charge < -0.3 is 5.32 Å². The molecule has 4 nitrogen and oxygen atoms in total. The van der Waals surface area contributed by atoms with E-state index < -0.39 is 0 Å². The molecule has 1 N–H and O–H groups in total. The van der Waals surface area contributed by atoms with E-state index >= 15 is 0 Å². The van der Waals surface area contributed by atoms with E-state index in [0.717, 1.165) is 28.4 Å². The van der Waals surface area contributed by atoms with Crippen LogP contribution in [0.1, 0.15) is 11.1 Å². The molecular formula is C12H10N2O2. The van der Waals surface area contributed by atoms with Crippen LogP contribution < -0.4 is 5.32 Å². The van der Waals surface area contributed by atoms with Crippen LogP contribution >= 0.6 is 0 Å². The monoisotopic (exact) mass is 214 g/mol. The van der Waals surface area contributed by atoms with Crippen molar-refractivity contribution in [2.45, 2.75) is 13.1 Å². The summed E-state index contributed by atoms with van der Waals surface area (Å²) in [4.78, 5) is 10.9. The zero-order valence-electron chi connectivity index (χ0n) is 8.56. The third-order valence-electron chi connectivity index (χ3n) is 3.02. The third kappa shape index (κ3) is 1.20. The number of nitro groups is 1.